The third kappa shape index (κ3) is 8.56. The summed E-state index contributed by atoms with van der Waals surface area (Å²) in [6.45, 7) is 12.2. The van der Waals surface area contributed by atoms with E-state index in [1.54, 1.807) is 47.1 Å². The third-order valence-corrected chi connectivity index (χ3v) is 5.83. The number of likely N-dealkylation sites (N-methyl/N-ethyl adjacent to an activating group) is 1. The maximum Gasteiger partial charge on any atom is 0.410 e. The predicted octanol–water partition coefficient (Wildman–Crippen LogP) is 4.13. The Kier molecular flexibility index (Phi) is 10.2. The van der Waals surface area contributed by atoms with Gasteiger partial charge in [-0.25, -0.2) is 14.8 Å². The lowest BCUT2D eigenvalue weighted by Crippen LogP contribution is -2.47. The molecule has 3 rings (SSSR count). The highest BCUT2D eigenvalue weighted by Gasteiger charge is 2.26. The number of H-pyrrole nitrogens is 1. The molecule has 40 heavy (non-hydrogen) atoms. The second-order valence-electron chi connectivity index (χ2n) is 10.4. The van der Waals surface area contributed by atoms with Crippen molar-refractivity contribution in [2.75, 3.05) is 30.8 Å². The molecule has 12 heteroatoms. The Morgan fingerprint density at radius 3 is 2.70 bits per heavy atom. The summed E-state index contributed by atoms with van der Waals surface area (Å²) in [7, 11) is 1.55. The van der Waals surface area contributed by atoms with Crippen LogP contribution in [0.4, 0.5) is 22.2 Å². The van der Waals surface area contributed by atoms with Crippen molar-refractivity contribution in [3.63, 3.8) is 0 Å². The average Bonchev–Trinajstić information content (AvgIpc) is 3.28. The molecule has 0 aliphatic rings. The van der Waals surface area contributed by atoms with Gasteiger partial charge in [-0.15, -0.1) is 0 Å². The molecule has 0 fully saturated rings. The minimum atomic E-state index is -0.654. The zero-order valence-electron chi connectivity index (χ0n) is 24.3. The molecule has 0 unspecified atom stereocenters. The van der Waals surface area contributed by atoms with Crippen LogP contribution < -0.4 is 16.0 Å². The van der Waals surface area contributed by atoms with Crippen LogP contribution >= 0.6 is 0 Å². The first-order chi connectivity index (χ1) is 19.0. The van der Waals surface area contributed by atoms with Crippen molar-refractivity contribution in [3.05, 3.63) is 29.7 Å². The van der Waals surface area contributed by atoms with Gasteiger partial charge in [0.15, 0.2) is 5.65 Å². The lowest BCUT2D eigenvalue weighted by molar-refractivity contribution is -0.125. The fourth-order valence-electron chi connectivity index (χ4n) is 3.49. The Bertz CT molecular complexity index is 1390. The van der Waals surface area contributed by atoms with Crippen molar-refractivity contribution in [3.8, 4) is 11.8 Å². The molecule has 214 valence electrons. The summed E-state index contributed by atoms with van der Waals surface area (Å²) in [4.78, 5) is 39.3. The molecule has 0 aliphatic carbocycles. The summed E-state index contributed by atoms with van der Waals surface area (Å²) >= 11 is 0. The molecule has 3 aromatic rings. The molecule has 0 radical (unpaired) electrons. The number of aromatic amines is 1. The van der Waals surface area contributed by atoms with E-state index in [1.165, 1.54) is 4.90 Å². The summed E-state index contributed by atoms with van der Waals surface area (Å²) in [5.41, 5.74) is 2.41. The number of nitrogens with zero attached hydrogens (tertiary/aromatic N) is 5. The Balaban J connectivity index is 1.54. The van der Waals surface area contributed by atoms with Gasteiger partial charge in [-0.05, 0) is 53.5 Å². The first-order valence-corrected chi connectivity index (χ1v) is 13.4. The van der Waals surface area contributed by atoms with E-state index in [4.69, 9.17) is 4.74 Å². The first-order valence-electron chi connectivity index (χ1n) is 13.4. The van der Waals surface area contributed by atoms with E-state index in [9.17, 15) is 9.59 Å². The minimum absolute atomic E-state index is 0.249. The number of rotatable bonds is 10. The number of hydrogen-bond acceptors (Lipinski definition) is 9. The number of anilines is 3. The van der Waals surface area contributed by atoms with E-state index in [0.717, 1.165) is 29.7 Å². The average molecular weight is 550 g/mol. The van der Waals surface area contributed by atoms with Gasteiger partial charge in [0.25, 0.3) is 0 Å². The van der Waals surface area contributed by atoms with E-state index in [-0.39, 0.29) is 5.91 Å². The van der Waals surface area contributed by atoms with Crippen LogP contribution in [0.3, 0.4) is 0 Å². The van der Waals surface area contributed by atoms with Crippen molar-refractivity contribution in [1.29, 1.82) is 0 Å². The molecule has 12 nitrogen and oxygen atoms in total. The monoisotopic (exact) mass is 549 g/mol. The van der Waals surface area contributed by atoms with Crippen LogP contribution in [0.2, 0.25) is 0 Å². The van der Waals surface area contributed by atoms with Crippen LogP contribution in [0.15, 0.2) is 18.5 Å². The Hall–Kier alpha value is -4.40. The molecule has 0 saturated heterocycles. The van der Waals surface area contributed by atoms with Crippen molar-refractivity contribution in [2.45, 2.75) is 72.4 Å². The predicted molar refractivity (Wildman–Crippen MR) is 155 cm³/mol. The van der Waals surface area contributed by atoms with Gasteiger partial charge in [0.1, 0.15) is 17.5 Å². The highest BCUT2D eigenvalue weighted by Crippen LogP contribution is 2.21. The highest BCUT2D eigenvalue weighted by atomic mass is 16.6. The number of aromatic nitrogens is 5. The zero-order valence-corrected chi connectivity index (χ0v) is 24.3. The topological polar surface area (TPSA) is 150 Å². The van der Waals surface area contributed by atoms with Crippen LogP contribution in [0.1, 0.15) is 65.1 Å². The number of fused-ring (bicyclic) bond motifs is 1. The van der Waals surface area contributed by atoms with Gasteiger partial charge in [-0.3, -0.25) is 14.8 Å². The highest BCUT2D eigenvalue weighted by molar-refractivity contribution is 5.85. The van der Waals surface area contributed by atoms with Gasteiger partial charge in [-0.2, -0.15) is 10.1 Å². The minimum Gasteiger partial charge on any atom is -0.444 e. The smallest absolute Gasteiger partial charge is 0.410 e. The van der Waals surface area contributed by atoms with Gasteiger partial charge >= 0.3 is 6.09 Å². The van der Waals surface area contributed by atoms with Crippen LogP contribution in [0.5, 0.6) is 0 Å². The Labute approximate surface area is 235 Å². The number of aryl methyl sites for hydroxylation is 1. The van der Waals surface area contributed by atoms with Gasteiger partial charge in [0.05, 0.1) is 23.6 Å². The largest absolute Gasteiger partial charge is 0.444 e. The molecule has 0 saturated carbocycles. The van der Waals surface area contributed by atoms with E-state index in [0.29, 0.717) is 42.4 Å². The maximum absolute atomic E-state index is 12.4. The number of carbonyl (C=O) groups is 2. The van der Waals surface area contributed by atoms with Crippen molar-refractivity contribution >= 4 is 40.5 Å². The van der Waals surface area contributed by atoms with Gasteiger partial charge in [-0.1, -0.05) is 18.8 Å². The molecule has 2 amide bonds. The Morgan fingerprint density at radius 2 is 1.98 bits per heavy atom. The van der Waals surface area contributed by atoms with Crippen LogP contribution in [-0.4, -0.2) is 73.8 Å². The summed E-state index contributed by atoms with van der Waals surface area (Å²) < 4.78 is 5.32. The van der Waals surface area contributed by atoms with Crippen molar-refractivity contribution in [2.24, 2.45) is 0 Å². The lowest BCUT2D eigenvalue weighted by Gasteiger charge is -2.28. The number of ether oxygens (including phenoxy) is 1. The number of carbonyl (C=O) groups excluding carboxylic acids is 2. The second-order valence-corrected chi connectivity index (χ2v) is 10.4. The van der Waals surface area contributed by atoms with Gasteiger partial charge < -0.3 is 20.7 Å². The molecule has 0 aromatic carbocycles. The normalized spacial score (nSPS) is 11.8. The fourth-order valence-corrected chi connectivity index (χ4v) is 3.49. The SMILES string of the molecule is CCCNc1nc(Nc2cnc3n[nH]c(C)c3c2)ncc1C#CCCCNC(=O)[C@H](C)N(C)C(=O)OC(C)(C)C. The lowest BCUT2D eigenvalue weighted by atomic mass is 10.2. The van der Waals surface area contributed by atoms with Gasteiger partial charge in [0.2, 0.25) is 11.9 Å². The number of amides is 2. The number of unbranched alkanes of at least 4 members (excludes halogenated alkanes) is 1. The van der Waals surface area contributed by atoms with E-state index < -0.39 is 17.7 Å². The van der Waals surface area contributed by atoms with E-state index >= 15 is 0 Å². The Morgan fingerprint density at radius 1 is 1.20 bits per heavy atom. The molecule has 3 aromatic heterocycles. The zero-order chi connectivity index (χ0) is 29.3. The molecule has 0 aliphatic heterocycles. The summed E-state index contributed by atoms with van der Waals surface area (Å²) in [5, 5.41) is 17.4. The van der Waals surface area contributed by atoms with Crippen molar-refractivity contribution < 1.29 is 14.3 Å². The quantitative estimate of drug-likeness (QED) is 0.216. The van der Waals surface area contributed by atoms with E-state index in [1.807, 2.05) is 13.0 Å². The van der Waals surface area contributed by atoms with E-state index in [2.05, 4.69) is 59.9 Å². The van der Waals surface area contributed by atoms with Crippen LogP contribution in [0.25, 0.3) is 11.0 Å². The number of pyridine rings is 1. The standard InChI is InChI=1S/C28H39N9O3/c1-8-13-29-23-20(16-32-26(34-23)33-21-15-22-18(2)35-36-24(22)31-17-21)12-10-9-11-14-30-25(38)19(3)37(7)27(39)40-28(4,5)6/h15-17,19H,8-9,11,13-14H2,1-7H3,(H,30,38)(H,31,35,36)(H2,29,32,33,34)/t19-/m0/s1. The molecular weight excluding hydrogens is 510 g/mol. The molecule has 4 N–H and O–H groups in total. The molecule has 0 spiro atoms. The van der Waals surface area contributed by atoms with Gasteiger partial charge in [0, 0.05) is 37.6 Å². The third-order valence-electron chi connectivity index (χ3n) is 5.83. The van der Waals surface area contributed by atoms with Crippen LogP contribution in [-0.2, 0) is 9.53 Å². The second kappa shape index (κ2) is 13.6. The maximum atomic E-state index is 12.4. The fraction of sp³-hybridized carbons (Fsp3) is 0.500. The molecular formula is C28H39N9O3. The number of hydrogen-bond donors (Lipinski definition) is 4. The molecule has 3 heterocycles. The number of nitrogens with one attached hydrogen (secondary N) is 4. The molecule has 1 atom stereocenters. The molecule has 0 bridgehead atoms. The van der Waals surface area contributed by atoms with Crippen LogP contribution in [0, 0.1) is 18.8 Å². The summed E-state index contributed by atoms with van der Waals surface area (Å²) in [6, 6.07) is 1.30. The summed E-state index contributed by atoms with van der Waals surface area (Å²) in [5.74, 6) is 7.10. The first kappa shape index (κ1) is 30.1. The summed E-state index contributed by atoms with van der Waals surface area (Å²) in [6.07, 6.45) is 4.99. The van der Waals surface area contributed by atoms with Crippen molar-refractivity contribution in [1.82, 2.24) is 35.4 Å².